The standard InChI is InChI=1S/C11H13N.C10H7N5O2/c1-2-4-11(5-3-1)12-7-9-6-10(9)8-12;16-10-7-2-1-3-11-9(7)13-6-15(10)4-8-12-5-14-17-8/h1-5,9-10H,6-8H2;1-3,5-6H,4H2. The van der Waals surface area contributed by atoms with Gasteiger partial charge in [-0.15, -0.1) is 0 Å². The maximum Gasteiger partial charge on any atom is 0.263 e. The number of benzene rings is 1. The smallest absolute Gasteiger partial charge is 0.263 e. The zero-order valence-electron chi connectivity index (χ0n) is 15.8. The van der Waals surface area contributed by atoms with Crippen LogP contribution in [-0.4, -0.2) is 37.8 Å². The lowest BCUT2D eigenvalue weighted by molar-refractivity contribution is 0.368. The molecule has 2 aliphatic rings. The maximum absolute atomic E-state index is 12.0. The van der Waals surface area contributed by atoms with Gasteiger partial charge >= 0.3 is 0 Å². The van der Waals surface area contributed by atoms with Crippen LogP contribution in [0.15, 0.2) is 70.6 Å². The molecule has 1 aliphatic carbocycles. The number of piperidine rings is 1. The molecule has 4 aromatic rings. The van der Waals surface area contributed by atoms with Crippen LogP contribution in [0.3, 0.4) is 0 Å². The first-order chi connectivity index (χ1) is 14.3. The number of aromatic nitrogens is 5. The van der Waals surface area contributed by atoms with Crippen molar-refractivity contribution in [1.82, 2.24) is 24.7 Å². The lowest BCUT2D eigenvalue weighted by Crippen LogP contribution is -2.21. The van der Waals surface area contributed by atoms with Crippen LogP contribution in [-0.2, 0) is 6.54 Å². The van der Waals surface area contributed by atoms with Crippen LogP contribution in [0, 0.1) is 11.8 Å². The van der Waals surface area contributed by atoms with E-state index in [2.05, 4.69) is 55.3 Å². The van der Waals surface area contributed by atoms with Gasteiger partial charge in [0.1, 0.15) is 12.9 Å². The molecule has 1 saturated heterocycles. The Balaban J connectivity index is 0.000000132. The van der Waals surface area contributed by atoms with Gasteiger partial charge in [-0.3, -0.25) is 9.36 Å². The summed E-state index contributed by atoms with van der Waals surface area (Å²) in [4.78, 5) is 26.5. The summed E-state index contributed by atoms with van der Waals surface area (Å²) in [5, 5.41) is 3.94. The van der Waals surface area contributed by atoms with Gasteiger partial charge < -0.3 is 9.42 Å². The van der Waals surface area contributed by atoms with Crippen LogP contribution in [0.5, 0.6) is 0 Å². The summed E-state index contributed by atoms with van der Waals surface area (Å²) in [5.41, 5.74) is 1.66. The number of rotatable bonds is 3. The van der Waals surface area contributed by atoms with E-state index in [1.807, 2.05) is 0 Å². The van der Waals surface area contributed by atoms with Crippen molar-refractivity contribution < 1.29 is 4.52 Å². The number of fused-ring (bicyclic) bond motifs is 2. The third-order valence-electron chi connectivity index (χ3n) is 5.41. The quantitative estimate of drug-likeness (QED) is 0.532. The highest BCUT2D eigenvalue weighted by atomic mass is 16.5. The fraction of sp³-hybridized carbons (Fsp3) is 0.286. The monoisotopic (exact) mass is 388 g/mol. The summed E-state index contributed by atoms with van der Waals surface area (Å²) in [5.74, 6) is 2.42. The van der Waals surface area contributed by atoms with Crippen molar-refractivity contribution in [3.8, 4) is 0 Å². The van der Waals surface area contributed by atoms with Crippen molar-refractivity contribution >= 4 is 16.7 Å². The molecule has 8 nitrogen and oxygen atoms in total. The summed E-state index contributed by atoms with van der Waals surface area (Å²) in [6, 6.07) is 14.1. The van der Waals surface area contributed by atoms with Gasteiger partial charge in [0, 0.05) is 25.0 Å². The molecule has 1 aliphatic heterocycles. The molecule has 6 rings (SSSR count). The predicted molar refractivity (Wildman–Crippen MR) is 107 cm³/mol. The Morgan fingerprint density at radius 1 is 1.00 bits per heavy atom. The first-order valence-electron chi connectivity index (χ1n) is 9.63. The summed E-state index contributed by atoms with van der Waals surface area (Å²) in [6.45, 7) is 2.81. The molecule has 2 fully saturated rings. The van der Waals surface area contributed by atoms with E-state index in [1.165, 1.54) is 42.4 Å². The number of anilines is 1. The van der Waals surface area contributed by atoms with Crippen molar-refractivity contribution in [3.05, 3.63) is 77.6 Å². The highest BCUT2D eigenvalue weighted by Crippen LogP contribution is 2.46. The van der Waals surface area contributed by atoms with Crippen molar-refractivity contribution in [3.63, 3.8) is 0 Å². The number of hydrogen-bond acceptors (Lipinski definition) is 7. The fourth-order valence-corrected chi connectivity index (χ4v) is 3.77. The largest absolute Gasteiger partial charge is 0.371 e. The van der Waals surface area contributed by atoms with Crippen LogP contribution in [0.4, 0.5) is 5.69 Å². The maximum atomic E-state index is 12.0. The van der Waals surface area contributed by atoms with Crippen LogP contribution in [0.1, 0.15) is 12.3 Å². The van der Waals surface area contributed by atoms with E-state index in [0.29, 0.717) is 16.9 Å². The Bertz CT molecular complexity index is 1150. The summed E-state index contributed by atoms with van der Waals surface area (Å²) in [6.07, 6.45) is 5.79. The van der Waals surface area contributed by atoms with E-state index < -0.39 is 0 Å². The zero-order valence-corrected chi connectivity index (χ0v) is 15.8. The average Bonchev–Trinajstić information content (AvgIpc) is 3.15. The van der Waals surface area contributed by atoms with Crippen molar-refractivity contribution in [2.75, 3.05) is 18.0 Å². The summed E-state index contributed by atoms with van der Waals surface area (Å²) >= 11 is 0. The van der Waals surface area contributed by atoms with E-state index in [0.717, 1.165) is 11.8 Å². The molecule has 2 atom stereocenters. The van der Waals surface area contributed by atoms with E-state index in [4.69, 9.17) is 4.52 Å². The minimum absolute atomic E-state index is 0.179. The highest BCUT2D eigenvalue weighted by molar-refractivity contribution is 5.72. The first kappa shape index (κ1) is 17.5. The predicted octanol–water partition coefficient (Wildman–Crippen LogP) is 2.37. The molecular formula is C21H20N6O2. The van der Waals surface area contributed by atoms with Gasteiger partial charge in [0.2, 0.25) is 5.89 Å². The summed E-state index contributed by atoms with van der Waals surface area (Å²) in [7, 11) is 0. The normalized spacial score (nSPS) is 19.5. The minimum atomic E-state index is -0.179. The molecule has 0 spiro atoms. The van der Waals surface area contributed by atoms with Crippen LogP contribution >= 0.6 is 0 Å². The molecule has 146 valence electrons. The van der Waals surface area contributed by atoms with Gasteiger partial charge in [-0.2, -0.15) is 4.98 Å². The van der Waals surface area contributed by atoms with Crippen LogP contribution in [0.2, 0.25) is 0 Å². The summed E-state index contributed by atoms with van der Waals surface area (Å²) < 4.78 is 6.24. The lowest BCUT2D eigenvalue weighted by Gasteiger charge is -2.19. The number of hydrogen-bond donors (Lipinski definition) is 0. The Labute approximate surface area is 166 Å². The third-order valence-corrected chi connectivity index (χ3v) is 5.41. The zero-order chi connectivity index (χ0) is 19.6. The van der Waals surface area contributed by atoms with Crippen molar-refractivity contribution in [2.24, 2.45) is 11.8 Å². The number of para-hydroxylation sites is 1. The van der Waals surface area contributed by atoms with Gasteiger partial charge in [-0.25, -0.2) is 9.97 Å². The lowest BCUT2D eigenvalue weighted by atomic mass is 10.3. The van der Waals surface area contributed by atoms with Gasteiger partial charge in [-0.05, 0) is 42.5 Å². The van der Waals surface area contributed by atoms with Crippen LogP contribution < -0.4 is 10.5 Å². The third kappa shape index (κ3) is 3.73. The minimum Gasteiger partial charge on any atom is -0.371 e. The first-order valence-corrected chi connectivity index (χ1v) is 9.63. The average molecular weight is 388 g/mol. The molecular weight excluding hydrogens is 368 g/mol. The molecule has 4 heterocycles. The molecule has 8 heteroatoms. The van der Waals surface area contributed by atoms with E-state index in [1.54, 1.807) is 18.3 Å². The second-order valence-corrected chi connectivity index (χ2v) is 7.38. The second kappa shape index (κ2) is 7.46. The molecule has 2 unspecified atom stereocenters. The second-order valence-electron chi connectivity index (χ2n) is 7.38. The molecule has 0 amide bonds. The number of nitrogens with zero attached hydrogens (tertiary/aromatic N) is 6. The van der Waals surface area contributed by atoms with Gasteiger partial charge in [0.25, 0.3) is 5.56 Å². The molecule has 3 aromatic heterocycles. The van der Waals surface area contributed by atoms with Crippen LogP contribution in [0.25, 0.3) is 11.0 Å². The molecule has 1 aromatic carbocycles. The highest BCUT2D eigenvalue weighted by Gasteiger charge is 2.44. The Morgan fingerprint density at radius 3 is 2.59 bits per heavy atom. The molecule has 0 bridgehead atoms. The number of pyridine rings is 1. The van der Waals surface area contributed by atoms with E-state index in [9.17, 15) is 4.79 Å². The Hall–Kier alpha value is -3.55. The molecule has 29 heavy (non-hydrogen) atoms. The topological polar surface area (TPSA) is 89.9 Å². The van der Waals surface area contributed by atoms with E-state index in [-0.39, 0.29) is 12.1 Å². The van der Waals surface area contributed by atoms with E-state index >= 15 is 0 Å². The van der Waals surface area contributed by atoms with Gasteiger partial charge in [0.05, 0.1) is 5.39 Å². The van der Waals surface area contributed by atoms with Gasteiger partial charge in [-0.1, -0.05) is 23.4 Å². The SMILES string of the molecule is O=c1c2cccnc2ncn1Cc1ncno1.c1ccc(N2CC3CC3C2)cc1. The van der Waals surface area contributed by atoms with Crippen molar-refractivity contribution in [1.29, 1.82) is 0 Å². The Morgan fingerprint density at radius 2 is 1.83 bits per heavy atom. The molecule has 1 saturated carbocycles. The molecule has 0 radical (unpaired) electrons. The van der Waals surface area contributed by atoms with Gasteiger partial charge in [0.15, 0.2) is 12.0 Å². The Kier molecular flexibility index (Phi) is 4.51. The van der Waals surface area contributed by atoms with Crippen molar-refractivity contribution in [2.45, 2.75) is 13.0 Å². The fourth-order valence-electron chi connectivity index (χ4n) is 3.77. The molecule has 0 N–H and O–H groups in total.